The molecule has 104 valence electrons. The molecular formula is C15H14Cl2N2O. The van der Waals surface area contributed by atoms with Crippen molar-refractivity contribution in [1.29, 1.82) is 0 Å². The molecule has 0 fully saturated rings. The highest BCUT2D eigenvalue weighted by Crippen LogP contribution is 2.25. The normalized spacial score (nSPS) is 13.6. The van der Waals surface area contributed by atoms with Crippen molar-refractivity contribution >= 4 is 34.8 Å². The number of carbonyl (C=O) groups is 1. The highest BCUT2D eigenvalue weighted by molar-refractivity contribution is 6.35. The second-order valence-corrected chi connectivity index (χ2v) is 5.55. The highest BCUT2D eigenvalue weighted by Gasteiger charge is 2.30. The molecule has 3 N–H and O–H groups in total. The fourth-order valence-electron chi connectivity index (χ4n) is 1.80. The van der Waals surface area contributed by atoms with E-state index in [-0.39, 0.29) is 5.91 Å². The van der Waals surface area contributed by atoms with Crippen molar-refractivity contribution in [3.63, 3.8) is 0 Å². The molecule has 1 amide bonds. The van der Waals surface area contributed by atoms with E-state index >= 15 is 0 Å². The van der Waals surface area contributed by atoms with E-state index in [2.05, 4.69) is 5.32 Å². The molecule has 0 aromatic heterocycles. The molecule has 3 nitrogen and oxygen atoms in total. The molecule has 0 spiro atoms. The summed E-state index contributed by atoms with van der Waals surface area (Å²) in [6.07, 6.45) is 0. The van der Waals surface area contributed by atoms with Crippen LogP contribution in [-0.2, 0) is 10.3 Å². The third-order valence-corrected chi connectivity index (χ3v) is 3.40. The largest absolute Gasteiger partial charge is 0.324 e. The molecule has 0 aliphatic rings. The van der Waals surface area contributed by atoms with Gasteiger partial charge in [0.1, 0.15) is 5.54 Å². The van der Waals surface area contributed by atoms with Gasteiger partial charge in [-0.3, -0.25) is 4.79 Å². The lowest BCUT2D eigenvalue weighted by molar-refractivity contribution is -0.120. The first kappa shape index (κ1) is 14.9. The van der Waals surface area contributed by atoms with Crippen molar-refractivity contribution < 1.29 is 4.79 Å². The number of hydrogen-bond acceptors (Lipinski definition) is 2. The van der Waals surface area contributed by atoms with Gasteiger partial charge in [0.15, 0.2) is 0 Å². The van der Waals surface area contributed by atoms with Gasteiger partial charge in [-0.1, -0.05) is 53.5 Å². The number of rotatable bonds is 3. The van der Waals surface area contributed by atoms with E-state index in [4.69, 9.17) is 28.9 Å². The minimum Gasteiger partial charge on any atom is -0.324 e. The lowest BCUT2D eigenvalue weighted by Gasteiger charge is -2.24. The summed E-state index contributed by atoms with van der Waals surface area (Å²) < 4.78 is 0. The number of carbonyl (C=O) groups excluding carboxylic acids is 1. The molecule has 0 radical (unpaired) electrons. The fraction of sp³-hybridized carbons (Fsp3) is 0.133. The van der Waals surface area contributed by atoms with Crippen LogP contribution in [0.3, 0.4) is 0 Å². The number of halogens is 2. The van der Waals surface area contributed by atoms with Crippen LogP contribution in [0.2, 0.25) is 10.0 Å². The maximum atomic E-state index is 12.3. The Balaban J connectivity index is 2.23. The minimum absolute atomic E-state index is 0.331. The van der Waals surface area contributed by atoms with Crippen LogP contribution in [0.5, 0.6) is 0 Å². The lowest BCUT2D eigenvalue weighted by Crippen LogP contribution is -2.45. The predicted molar refractivity (Wildman–Crippen MR) is 83.1 cm³/mol. The summed E-state index contributed by atoms with van der Waals surface area (Å²) in [4.78, 5) is 12.3. The van der Waals surface area contributed by atoms with Gasteiger partial charge in [-0.15, -0.1) is 0 Å². The molecule has 1 atom stereocenters. The van der Waals surface area contributed by atoms with Crippen molar-refractivity contribution in [2.45, 2.75) is 12.5 Å². The fourth-order valence-corrected chi connectivity index (χ4v) is 2.33. The van der Waals surface area contributed by atoms with Gasteiger partial charge in [0.05, 0.1) is 0 Å². The van der Waals surface area contributed by atoms with Crippen LogP contribution in [0.25, 0.3) is 0 Å². The van der Waals surface area contributed by atoms with Crippen LogP contribution in [-0.4, -0.2) is 5.91 Å². The zero-order valence-electron chi connectivity index (χ0n) is 10.9. The van der Waals surface area contributed by atoms with Crippen LogP contribution in [0.4, 0.5) is 5.69 Å². The molecule has 1 unspecified atom stereocenters. The molecule has 5 heteroatoms. The third-order valence-electron chi connectivity index (χ3n) is 2.97. The number of hydrogen-bond donors (Lipinski definition) is 2. The van der Waals surface area contributed by atoms with Crippen LogP contribution in [0.15, 0.2) is 48.5 Å². The Hall–Kier alpha value is -1.55. The van der Waals surface area contributed by atoms with E-state index in [1.54, 1.807) is 25.1 Å². The number of benzene rings is 2. The monoisotopic (exact) mass is 308 g/mol. The summed E-state index contributed by atoms with van der Waals surface area (Å²) in [5.74, 6) is -0.331. The van der Waals surface area contributed by atoms with E-state index in [9.17, 15) is 4.79 Å². The maximum absolute atomic E-state index is 12.3. The quantitative estimate of drug-likeness (QED) is 0.906. The first-order valence-electron chi connectivity index (χ1n) is 6.01. The highest BCUT2D eigenvalue weighted by atomic mass is 35.5. The zero-order chi connectivity index (χ0) is 14.8. The van der Waals surface area contributed by atoms with Gasteiger partial charge in [0.2, 0.25) is 5.91 Å². The number of anilines is 1. The van der Waals surface area contributed by atoms with Crippen molar-refractivity contribution in [2.75, 3.05) is 5.32 Å². The second kappa shape index (κ2) is 5.83. The van der Waals surface area contributed by atoms with Gasteiger partial charge < -0.3 is 11.1 Å². The summed E-state index contributed by atoms with van der Waals surface area (Å²) in [6, 6.07) is 14.0. The smallest absolute Gasteiger partial charge is 0.248 e. The van der Waals surface area contributed by atoms with Crippen molar-refractivity contribution in [3.8, 4) is 0 Å². The van der Waals surface area contributed by atoms with E-state index < -0.39 is 5.54 Å². The van der Waals surface area contributed by atoms with Crippen LogP contribution in [0, 0.1) is 0 Å². The molecule has 0 saturated carbocycles. The predicted octanol–water partition coefficient (Wildman–Crippen LogP) is 3.81. The van der Waals surface area contributed by atoms with Crippen LogP contribution < -0.4 is 11.1 Å². The minimum atomic E-state index is -1.14. The molecule has 0 bridgehead atoms. The molecule has 2 rings (SSSR count). The van der Waals surface area contributed by atoms with E-state index in [0.717, 1.165) is 5.56 Å². The van der Waals surface area contributed by atoms with Crippen LogP contribution >= 0.6 is 23.2 Å². The third kappa shape index (κ3) is 3.31. The summed E-state index contributed by atoms with van der Waals surface area (Å²) in [6.45, 7) is 1.66. The Morgan fingerprint density at radius 2 is 1.65 bits per heavy atom. The van der Waals surface area contributed by atoms with Crippen molar-refractivity contribution in [3.05, 3.63) is 64.1 Å². The number of amides is 1. The number of nitrogens with one attached hydrogen (secondary N) is 1. The van der Waals surface area contributed by atoms with Gasteiger partial charge in [-0.25, -0.2) is 0 Å². The maximum Gasteiger partial charge on any atom is 0.248 e. The van der Waals surface area contributed by atoms with Gasteiger partial charge in [0, 0.05) is 15.7 Å². The summed E-state index contributed by atoms with van der Waals surface area (Å²) in [5, 5.41) is 3.63. The SMILES string of the molecule is CC(N)(C(=O)Nc1cc(Cl)cc(Cl)c1)c1ccccc1. The summed E-state index contributed by atoms with van der Waals surface area (Å²) >= 11 is 11.8. The van der Waals surface area contributed by atoms with E-state index in [1.165, 1.54) is 0 Å². The molecule has 0 aliphatic heterocycles. The topological polar surface area (TPSA) is 55.1 Å². The Morgan fingerprint density at radius 1 is 1.10 bits per heavy atom. The first-order valence-corrected chi connectivity index (χ1v) is 6.77. The van der Waals surface area contributed by atoms with Gasteiger partial charge in [-0.05, 0) is 30.7 Å². The van der Waals surface area contributed by atoms with Crippen molar-refractivity contribution in [1.82, 2.24) is 0 Å². The average Bonchev–Trinajstić information content (AvgIpc) is 2.38. The van der Waals surface area contributed by atoms with E-state index in [1.807, 2.05) is 30.3 Å². The summed E-state index contributed by atoms with van der Waals surface area (Å²) in [5.41, 5.74) is 6.23. The Kier molecular flexibility index (Phi) is 4.33. The Bertz CT molecular complexity index is 607. The lowest BCUT2D eigenvalue weighted by atomic mass is 9.92. The van der Waals surface area contributed by atoms with Crippen LogP contribution in [0.1, 0.15) is 12.5 Å². The molecule has 0 aliphatic carbocycles. The Labute approximate surface area is 127 Å². The molecule has 20 heavy (non-hydrogen) atoms. The Morgan fingerprint density at radius 3 is 2.20 bits per heavy atom. The first-order chi connectivity index (χ1) is 9.39. The second-order valence-electron chi connectivity index (χ2n) is 4.68. The number of nitrogens with two attached hydrogens (primary N) is 1. The molecule has 2 aromatic carbocycles. The molecule has 0 heterocycles. The van der Waals surface area contributed by atoms with Gasteiger partial charge in [0.25, 0.3) is 0 Å². The average molecular weight is 309 g/mol. The standard InChI is InChI=1S/C15H14Cl2N2O/c1-15(18,10-5-3-2-4-6-10)14(20)19-13-8-11(16)7-12(17)9-13/h2-9H,18H2,1H3,(H,19,20). The zero-order valence-corrected chi connectivity index (χ0v) is 12.4. The molecule has 0 saturated heterocycles. The van der Waals surface area contributed by atoms with Crippen molar-refractivity contribution in [2.24, 2.45) is 5.73 Å². The molecule has 2 aromatic rings. The van der Waals surface area contributed by atoms with Gasteiger partial charge in [-0.2, -0.15) is 0 Å². The van der Waals surface area contributed by atoms with Gasteiger partial charge >= 0.3 is 0 Å². The van der Waals surface area contributed by atoms with E-state index in [0.29, 0.717) is 15.7 Å². The summed E-state index contributed by atoms with van der Waals surface area (Å²) in [7, 11) is 0. The molecular weight excluding hydrogens is 295 g/mol.